The number of rotatable bonds is 4. The fourth-order valence-electron chi connectivity index (χ4n) is 0.407. The van der Waals surface area contributed by atoms with Gasteiger partial charge in [0.2, 0.25) is 0 Å². The maximum atomic E-state index is 5.21. The molecule has 0 heteroatoms. The highest BCUT2D eigenvalue weighted by atomic mass is 13.9. The highest BCUT2D eigenvalue weighted by molar-refractivity contribution is 4.65. The van der Waals surface area contributed by atoms with Crippen LogP contribution < -0.4 is 0 Å². The predicted octanol–water partition coefficient (Wildman–Crippen LogP) is 2.17. The molecule has 0 aliphatic heterocycles. The lowest BCUT2D eigenvalue weighted by atomic mass is 10.2. The summed E-state index contributed by atoms with van der Waals surface area (Å²) >= 11 is 0. The van der Waals surface area contributed by atoms with Crippen molar-refractivity contribution in [2.24, 2.45) is 0 Å². The predicted molar refractivity (Wildman–Crippen MR) is 31.4 cm³/mol. The van der Waals surface area contributed by atoms with Crippen molar-refractivity contribution in [3.63, 3.8) is 0 Å². The van der Waals surface area contributed by atoms with E-state index in [-0.39, 0.29) is 0 Å². The summed E-state index contributed by atoms with van der Waals surface area (Å²) < 4.78 is 0. The van der Waals surface area contributed by atoms with Gasteiger partial charge in [-0.3, -0.25) is 0 Å². The Balaban J connectivity index is 2.45. The SMILES string of the molecule is [CH][CH]CCCC[CH]. The Morgan fingerprint density at radius 1 is 1.29 bits per heavy atom. The molecule has 0 spiro atoms. The van der Waals surface area contributed by atoms with E-state index in [0.29, 0.717) is 0 Å². The van der Waals surface area contributed by atoms with Crippen LogP contribution in [0.2, 0.25) is 0 Å². The molecule has 39 valence electrons. The molecule has 0 unspecified atom stereocenters. The lowest BCUT2D eigenvalue weighted by Gasteiger charge is -1.90. The molecule has 7 heavy (non-hydrogen) atoms. The average molecular weight is 95.2 g/mol. The van der Waals surface area contributed by atoms with Crippen LogP contribution in [-0.4, -0.2) is 0 Å². The smallest absolute Gasteiger partial charge is 0.0315 e. The molecule has 0 amide bonds. The number of hydrogen-bond acceptors (Lipinski definition) is 0. The zero-order valence-corrected chi connectivity index (χ0v) is 4.56. The summed E-state index contributed by atoms with van der Waals surface area (Å²) in [6.45, 7) is 10.3. The third kappa shape index (κ3) is 6.00. The van der Waals surface area contributed by atoms with Crippen LogP contribution in [0.25, 0.3) is 0 Å². The van der Waals surface area contributed by atoms with E-state index in [1.54, 1.807) is 6.42 Å². The van der Waals surface area contributed by atoms with Gasteiger partial charge in [-0.25, -0.2) is 0 Å². The topological polar surface area (TPSA) is 0 Å². The second-order valence-corrected chi connectivity index (χ2v) is 1.52. The van der Waals surface area contributed by atoms with E-state index in [0.717, 1.165) is 25.7 Å². The summed E-state index contributed by atoms with van der Waals surface area (Å²) in [7, 11) is 0. The second kappa shape index (κ2) is 6.00. The van der Waals surface area contributed by atoms with Crippen LogP contribution in [-0.2, 0) is 0 Å². The Labute approximate surface area is 46.9 Å². The fraction of sp³-hybridized carbons (Fsp3) is 0.571. The van der Waals surface area contributed by atoms with Gasteiger partial charge in [0, 0.05) is 0 Å². The van der Waals surface area contributed by atoms with Crippen molar-refractivity contribution in [1.29, 1.82) is 0 Å². The third-order valence-electron chi connectivity index (χ3n) is 0.825. The monoisotopic (exact) mass is 95.1 g/mol. The average Bonchev–Trinajstić information content (AvgIpc) is 1.69. The first-order chi connectivity index (χ1) is 3.41. The summed E-state index contributed by atoms with van der Waals surface area (Å²) in [4.78, 5) is 0. The van der Waals surface area contributed by atoms with Gasteiger partial charge in [0.05, 0.1) is 0 Å². The molecule has 0 aliphatic rings. The highest BCUT2D eigenvalue weighted by Crippen LogP contribution is 1.98. The normalized spacial score (nSPS) is 9.43. The quantitative estimate of drug-likeness (QED) is 0.469. The van der Waals surface area contributed by atoms with Crippen LogP contribution in [0.3, 0.4) is 0 Å². The van der Waals surface area contributed by atoms with E-state index in [2.05, 4.69) is 0 Å². The zero-order chi connectivity index (χ0) is 5.54. The molecule has 5 radical (unpaired) electrons. The summed E-state index contributed by atoms with van der Waals surface area (Å²) in [5.74, 6) is 0. The van der Waals surface area contributed by atoms with Gasteiger partial charge in [-0.2, -0.15) is 0 Å². The standard InChI is InChI=1S/C7H11/c1-3-5-7-6-4-2/h1-3H,4-7H2. The molecule has 0 aromatic heterocycles. The van der Waals surface area contributed by atoms with E-state index in [4.69, 9.17) is 13.8 Å². The Morgan fingerprint density at radius 2 is 2.00 bits per heavy atom. The zero-order valence-electron chi connectivity index (χ0n) is 4.56. The number of unbranched alkanes of at least 4 members (excludes halogenated alkanes) is 4. The number of hydrogen-bond donors (Lipinski definition) is 0. The first kappa shape index (κ1) is 7.00. The van der Waals surface area contributed by atoms with E-state index in [1.807, 2.05) is 0 Å². The first-order valence-electron chi connectivity index (χ1n) is 2.65. The molecule has 0 fully saturated rings. The van der Waals surface area contributed by atoms with E-state index in [1.165, 1.54) is 0 Å². The van der Waals surface area contributed by atoms with Gasteiger partial charge in [-0.15, -0.1) is 0 Å². The molecule has 0 nitrogen and oxygen atoms in total. The van der Waals surface area contributed by atoms with Gasteiger partial charge >= 0.3 is 0 Å². The minimum atomic E-state index is 0.786. The van der Waals surface area contributed by atoms with E-state index >= 15 is 0 Å². The van der Waals surface area contributed by atoms with Crippen molar-refractivity contribution in [3.8, 4) is 0 Å². The van der Waals surface area contributed by atoms with Gasteiger partial charge in [0.15, 0.2) is 0 Å². The molecule has 0 atom stereocenters. The van der Waals surface area contributed by atoms with Crippen LogP contribution in [0, 0.1) is 20.3 Å². The minimum Gasteiger partial charge on any atom is -0.0530 e. The van der Waals surface area contributed by atoms with Crippen molar-refractivity contribution in [2.45, 2.75) is 25.7 Å². The second-order valence-electron chi connectivity index (χ2n) is 1.52. The van der Waals surface area contributed by atoms with E-state index < -0.39 is 0 Å². The summed E-state index contributed by atoms with van der Waals surface area (Å²) in [5, 5.41) is 0. The van der Waals surface area contributed by atoms with Crippen LogP contribution in [0.1, 0.15) is 25.7 Å². The van der Waals surface area contributed by atoms with Crippen molar-refractivity contribution >= 4 is 0 Å². The lowest BCUT2D eigenvalue weighted by molar-refractivity contribution is 0.745. The van der Waals surface area contributed by atoms with Gasteiger partial charge in [0.25, 0.3) is 0 Å². The molecular weight excluding hydrogens is 84.1 g/mol. The Hall–Kier alpha value is 0. The maximum Gasteiger partial charge on any atom is -0.0315 e. The molecule has 0 saturated carbocycles. The van der Waals surface area contributed by atoms with Crippen molar-refractivity contribution in [1.82, 2.24) is 0 Å². The summed E-state index contributed by atoms with van der Waals surface area (Å²) in [6.07, 6.45) is 5.68. The van der Waals surface area contributed by atoms with Gasteiger partial charge in [-0.1, -0.05) is 12.8 Å². The van der Waals surface area contributed by atoms with Crippen LogP contribution in [0.5, 0.6) is 0 Å². The molecule has 0 bridgehead atoms. The first-order valence-corrected chi connectivity index (χ1v) is 2.65. The maximum absolute atomic E-state index is 5.21. The van der Waals surface area contributed by atoms with Gasteiger partial charge < -0.3 is 0 Å². The Morgan fingerprint density at radius 3 is 2.43 bits per heavy atom. The fourth-order valence-corrected chi connectivity index (χ4v) is 0.407. The molecule has 0 aromatic carbocycles. The highest BCUT2D eigenvalue weighted by Gasteiger charge is 1.80. The van der Waals surface area contributed by atoms with Gasteiger partial charge in [-0.05, 0) is 33.1 Å². The lowest BCUT2D eigenvalue weighted by Crippen LogP contribution is -1.72. The summed E-state index contributed by atoms with van der Waals surface area (Å²) in [5.41, 5.74) is 0. The summed E-state index contributed by atoms with van der Waals surface area (Å²) in [6, 6.07) is 0. The molecule has 0 heterocycles. The van der Waals surface area contributed by atoms with Crippen molar-refractivity contribution in [2.75, 3.05) is 0 Å². The van der Waals surface area contributed by atoms with E-state index in [9.17, 15) is 0 Å². The molecule has 0 rings (SSSR count). The minimum absolute atomic E-state index is 0.786. The molecular formula is C7H11. The largest absolute Gasteiger partial charge is 0.0530 e. The Bertz CT molecular complexity index is 19.2. The van der Waals surface area contributed by atoms with Crippen LogP contribution in [0.15, 0.2) is 0 Å². The molecule has 0 saturated heterocycles. The third-order valence-corrected chi connectivity index (χ3v) is 0.825. The Kier molecular flexibility index (Phi) is 6.00. The molecule has 0 N–H and O–H groups in total. The van der Waals surface area contributed by atoms with Crippen LogP contribution >= 0.6 is 0 Å². The molecule has 0 aliphatic carbocycles. The van der Waals surface area contributed by atoms with Crippen molar-refractivity contribution < 1.29 is 0 Å². The van der Waals surface area contributed by atoms with Gasteiger partial charge in [0.1, 0.15) is 0 Å². The van der Waals surface area contributed by atoms with Crippen molar-refractivity contribution in [3.05, 3.63) is 20.3 Å². The molecule has 0 aromatic rings. The van der Waals surface area contributed by atoms with Crippen LogP contribution in [0.4, 0.5) is 0 Å².